The molecule has 0 amide bonds. The van der Waals surface area contributed by atoms with Crippen LogP contribution >= 0.6 is 11.8 Å². The van der Waals surface area contributed by atoms with E-state index in [1.807, 2.05) is 62.4 Å². The predicted molar refractivity (Wildman–Crippen MR) is 88.9 cm³/mol. The molecule has 1 N–H and O–H groups in total. The number of carbonyl (C=O) groups excluding carboxylic acids is 1. The zero-order chi connectivity index (χ0) is 16.2. The first-order valence-electron chi connectivity index (χ1n) is 7.27. The Bertz CT molecular complexity index is 830. The van der Waals surface area contributed by atoms with Gasteiger partial charge < -0.3 is 0 Å². The normalized spacial score (nSPS) is 10.7. The summed E-state index contributed by atoms with van der Waals surface area (Å²) in [5.74, 6) is 0.419. The number of Topliss-reactive ketones (excluding diaryl/α,β-unsaturated/α-hetero) is 1. The van der Waals surface area contributed by atoms with E-state index in [1.54, 1.807) is 4.68 Å². The molecular formula is C17H17N4OS+. The van der Waals surface area contributed by atoms with Crippen molar-refractivity contribution in [2.45, 2.75) is 19.0 Å². The fourth-order valence-corrected chi connectivity index (χ4v) is 3.07. The van der Waals surface area contributed by atoms with Crippen LogP contribution in [0.4, 0.5) is 0 Å². The maximum absolute atomic E-state index is 12.5. The third kappa shape index (κ3) is 3.48. The van der Waals surface area contributed by atoms with E-state index < -0.39 is 0 Å². The van der Waals surface area contributed by atoms with E-state index in [2.05, 4.69) is 15.5 Å². The number of H-pyrrole nitrogens is 1. The van der Waals surface area contributed by atoms with E-state index in [-0.39, 0.29) is 5.78 Å². The molecule has 0 bridgehead atoms. The quantitative estimate of drug-likeness (QED) is 0.445. The summed E-state index contributed by atoms with van der Waals surface area (Å²) in [6.07, 6.45) is 0. The summed E-state index contributed by atoms with van der Waals surface area (Å²) in [4.78, 5) is 12.5. The lowest BCUT2D eigenvalue weighted by atomic mass is 10.0. The molecule has 6 heteroatoms. The number of thioether (sulfide) groups is 1. The number of aryl methyl sites for hydroxylation is 2. The fourth-order valence-electron chi connectivity index (χ4n) is 2.28. The van der Waals surface area contributed by atoms with E-state index in [9.17, 15) is 4.79 Å². The summed E-state index contributed by atoms with van der Waals surface area (Å²) in [5, 5.41) is 11.4. The number of nitrogens with one attached hydrogen (secondary N) is 1. The minimum absolute atomic E-state index is 0.0961. The van der Waals surface area contributed by atoms with Crippen molar-refractivity contribution >= 4 is 17.5 Å². The van der Waals surface area contributed by atoms with Gasteiger partial charge in [-0.3, -0.25) is 4.79 Å². The topological polar surface area (TPSA) is 62.5 Å². The van der Waals surface area contributed by atoms with Crippen molar-refractivity contribution in [2.24, 2.45) is 0 Å². The summed E-state index contributed by atoms with van der Waals surface area (Å²) in [7, 11) is 0. The van der Waals surface area contributed by atoms with Crippen molar-refractivity contribution < 1.29 is 9.48 Å². The Hall–Kier alpha value is -2.47. The molecule has 23 heavy (non-hydrogen) atoms. The SMILES string of the molecule is Cc1ccc(C)c(C(=O)CSc2nn[nH][n+]2-c2ccccc2)c1. The highest BCUT2D eigenvalue weighted by Crippen LogP contribution is 2.17. The Morgan fingerprint density at radius 2 is 1.96 bits per heavy atom. The fraction of sp³-hybridized carbons (Fsp3) is 0.176. The van der Waals surface area contributed by atoms with E-state index in [0.29, 0.717) is 10.9 Å². The Morgan fingerprint density at radius 3 is 2.74 bits per heavy atom. The van der Waals surface area contributed by atoms with Crippen LogP contribution in [0.25, 0.3) is 5.69 Å². The van der Waals surface area contributed by atoms with Gasteiger partial charge in [0.15, 0.2) is 11.0 Å². The third-order valence-corrected chi connectivity index (χ3v) is 4.44. The smallest absolute Gasteiger partial charge is 0.293 e. The first kappa shape index (κ1) is 15.4. The van der Waals surface area contributed by atoms with E-state index in [1.165, 1.54) is 11.8 Å². The van der Waals surface area contributed by atoms with E-state index in [0.717, 1.165) is 22.4 Å². The molecule has 3 rings (SSSR count). The lowest BCUT2D eigenvalue weighted by Gasteiger charge is -2.05. The molecule has 1 heterocycles. The molecular weight excluding hydrogens is 308 g/mol. The van der Waals surface area contributed by atoms with Crippen molar-refractivity contribution in [3.8, 4) is 5.69 Å². The second-order valence-corrected chi connectivity index (χ2v) is 6.23. The van der Waals surface area contributed by atoms with Gasteiger partial charge in [0.05, 0.1) is 5.75 Å². The second-order valence-electron chi connectivity index (χ2n) is 5.28. The molecule has 0 spiro atoms. The van der Waals surface area contributed by atoms with Crippen molar-refractivity contribution in [1.82, 2.24) is 15.5 Å². The Balaban J connectivity index is 1.76. The largest absolute Gasteiger partial charge is 0.365 e. The molecule has 1 aromatic heterocycles. The third-order valence-electron chi connectivity index (χ3n) is 3.51. The van der Waals surface area contributed by atoms with Crippen LogP contribution in [0.1, 0.15) is 21.5 Å². The van der Waals surface area contributed by atoms with Crippen LogP contribution in [0, 0.1) is 13.8 Å². The van der Waals surface area contributed by atoms with Crippen LogP contribution in [-0.2, 0) is 0 Å². The number of hydrogen-bond donors (Lipinski definition) is 1. The molecule has 0 saturated heterocycles. The van der Waals surface area contributed by atoms with Crippen LogP contribution in [0.3, 0.4) is 0 Å². The van der Waals surface area contributed by atoms with Crippen molar-refractivity contribution in [2.75, 3.05) is 5.75 Å². The Labute approximate surface area is 138 Å². The van der Waals surface area contributed by atoms with Gasteiger partial charge in [-0.25, -0.2) is 0 Å². The number of tetrazole rings is 1. The number of aromatic amines is 1. The highest BCUT2D eigenvalue weighted by atomic mass is 32.2. The molecule has 5 nitrogen and oxygen atoms in total. The number of rotatable bonds is 5. The number of ketones is 1. The highest BCUT2D eigenvalue weighted by Gasteiger charge is 2.19. The maximum Gasteiger partial charge on any atom is 0.365 e. The lowest BCUT2D eigenvalue weighted by molar-refractivity contribution is -0.697. The van der Waals surface area contributed by atoms with Gasteiger partial charge in [0, 0.05) is 5.56 Å². The first-order valence-corrected chi connectivity index (χ1v) is 8.25. The van der Waals surface area contributed by atoms with Gasteiger partial charge in [-0.2, -0.15) is 0 Å². The molecule has 116 valence electrons. The molecule has 0 unspecified atom stereocenters. The van der Waals surface area contributed by atoms with Crippen LogP contribution in [0.5, 0.6) is 0 Å². The van der Waals surface area contributed by atoms with Crippen LogP contribution in [-0.4, -0.2) is 27.1 Å². The zero-order valence-corrected chi connectivity index (χ0v) is 13.8. The average molecular weight is 325 g/mol. The Morgan fingerprint density at radius 1 is 1.17 bits per heavy atom. The second kappa shape index (κ2) is 6.75. The summed E-state index contributed by atoms with van der Waals surface area (Å²) >= 11 is 1.37. The number of para-hydroxylation sites is 1. The minimum Gasteiger partial charge on any atom is -0.293 e. The number of benzene rings is 2. The van der Waals surface area contributed by atoms with Gasteiger partial charge in [0.25, 0.3) is 0 Å². The summed E-state index contributed by atoms with van der Waals surface area (Å²) in [6, 6.07) is 15.7. The minimum atomic E-state index is 0.0961. The first-order chi connectivity index (χ1) is 11.1. The molecule has 3 aromatic rings. The standard InChI is InChI=1S/C17H16N4OS/c1-12-8-9-13(2)15(10-12)16(22)11-23-17-18-19-20-21(17)14-6-4-3-5-7-14/h3-10H,11H2,1-2H3/p+1. The summed E-state index contributed by atoms with van der Waals surface area (Å²) in [6.45, 7) is 3.95. The van der Waals surface area contributed by atoms with Gasteiger partial charge >= 0.3 is 5.16 Å². The molecule has 0 radical (unpaired) electrons. The van der Waals surface area contributed by atoms with E-state index in [4.69, 9.17) is 0 Å². The van der Waals surface area contributed by atoms with Crippen molar-refractivity contribution in [3.63, 3.8) is 0 Å². The number of nitrogens with zero attached hydrogens (tertiary/aromatic N) is 3. The molecule has 0 aliphatic rings. The van der Waals surface area contributed by atoms with Gasteiger partial charge in [-0.1, -0.05) is 41.1 Å². The van der Waals surface area contributed by atoms with Crippen LogP contribution in [0.2, 0.25) is 0 Å². The average Bonchev–Trinajstić information content (AvgIpc) is 3.04. The molecule has 0 saturated carbocycles. The zero-order valence-electron chi connectivity index (χ0n) is 13.0. The molecule has 0 aliphatic heterocycles. The number of carbonyl (C=O) groups is 1. The van der Waals surface area contributed by atoms with Gasteiger partial charge in [0.2, 0.25) is 0 Å². The van der Waals surface area contributed by atoms with Crippen molar-refractivity contribution in [3.05, 3.63) is 65.2 Å². The van der Waals surface area contributed by atoms with Crippen molar-refractivity contribution in [1.29, 1.82) is 0 Å². The summed E-state index contributed by atoms with van der Waals surface area (Å²) < 4.78 is 1.76. The van der Waals surface area contributed by atoms with Gasteiger partial charge in [-0.15, -0.1) is 4.68 Å². The number of aromatic nitrogens is 4. The molecule has 0 aliphatic carbocycles. The molecule has 0 fully saturated rings. The van der Waals surface area contributed by atoms with E-state index >= 15 is 0 Å². The molecule has 2 aromatic carbocycles. The van der Waals surface area contributed by atoms with Gasteiger partial charge in [0.1, 0.15) is 10.8 Å². The Kier molecular flexibility index (Phi) is 4.52. The predicted octanol–water partition coefficient (Wildman–Crippen LogP) is 2.67. The maximum atomic E-state index is 12.5. The van der Waals surface area contributed by atoms with Gasteiger partial charge in [-0.05, 0) is 49.4 Å². The number of hydrogen-bond acceptors (Lipinski definition) is 4. The highest BCUT2D eigenvalue weighted by molar-refractivity contribution is 7.99. The monoisotopic (exact) mass is 325 g/mol. The summed E-state index contributed by atoms with van der Waals surface area (Å²) in [5.41, 5.74) is 3.79. The van der Waals surface area contributed by atoms with Crippen LogP contribution in [0.15, 0.2) is 53.7 Å². The molecule has 0 atom stereocenters. The lowest BCUT2D eigenvalue weighted by Crippen LogP contribution is -2.35. The van der Waals surface area contributed by atoms with Crippen LogP contribution < -0.4 is 4.68 Å².